The molecule has 0 saturated heterocycles. The van der Waals surface area contributed by atoms with Crippen LogP contribution in [0.5, 0.6) is 0 Å². The summed E-state index contributed by atoms with van der Waals surface area (Å²) < 4.78 is 27.0. The Bertz CT molecular complexity index is 534. The Hall–Kier alpha value is -1.89. The lowest BCUT2D eigenvalue weighted by molar-refractivity contribution is 0.206. The zero-order chi connectivity index (χ0) is 12.0. The highest BCUT2D eigenvalue weighted by Gasteiger charge is 2.35. The van der Waals surface area contributed by atoms with Crippen LogP contribution in [0.2, 0.25) is 0 Å². The van der Waals surface area contributed by atoms with Gasteiger partial charge in [-0.3, -0.25) is 0 Å². The molecule has 0 N–H and O–H groups in total. The summed E-state index contributed by atoms with van der Waals surface area (Å²) in [5.41, 5.74) is 1.75. The Kier molecular flexibility index (Phi) is 2.15. The predicted molar refractivity (Wildman–Crippen MR) is 58.8 cm³/mol. The van der Waals surface area contributed by atoms with E-state index in [1.807, 2.05) is 11.0 Å². The van der Waals surface area contributed by atoms with Gasteiger partial charge < -0.3 is 4.90 Å². The van der Waals surface area contributed by atoms with Crippen molar-refractivity contribution >= 4 is 0 Å². The zero-order valence-corrected chi connectivity index (χ0v) is 9.03. The lowest BCUT2D eigenvalue weighted by atomic mass is 9.91. The van der Waals surface area contributed by atoms with Gasteiger partial charge in [0.1, 0.15) is 12.0 Å². The molecule has 17 heavy (non-hydrogen) atoms. The highest BCUT2D eigenvalue weighted by atomic mass is 19.1. The molecule has 0 amide bonds. The van der Waals surface area contributed by atoms with Crippen LogP contribution in [0, 0.1) is 11.3 Å². The van der Waals surface area contributed by atoms with E-state index >= 15 is 0 Å². The van der Waals surface area contributed by atoms with Crippen molar-refractivity contribution in [2.45, 2.75) is 25.1 Å². The molecule has 0 aromatic heterocycles. The minimum Gasteiger partial charge on any atom is -0.338 e. The molecule has 3 heterocycles. The lowest BCUT2D eigenvalue weighted by Gasteiger charge is -2.42. The first-order chi connectivity index (χ1) is 8.17. The second-order valence-corrected chi connectivity index (χ2v) is 4.44. The van der Waals surface area contributed by atoms with Gasteiger partial charge in [0.25, 0.3) is 0 Å². The number of nitriles is 1. The summed E-state index contributed by atoms with van der Waals surface area (Å²) in [6.07, 6.45) is 5.70. The maximum atomic E-state index is 13.5. The first-order valence-corrected chi connectivity index (χ1v) is 5.52. The van der Waals surface area contributed by atoms with Crippen LogP contribution in [0.1, 0.15) is 12.8 Å². The summed E-state index contributed by atoms with van der Waals surface area (Å²) in [5, 5.41) is 8.89. The van der Waals surface area contributed by atoms with Crippen LogP contribution in [0.3, 0.4) is 0 Å². The van der Waals surface area contributed by atoms with Crippen LogP contribution >= 0.6 is 0 Å². The minimum atomic E-state index is -1.06. The lowest BCUT2D eigenvalue weighted by Crippen LogP contribution is -2.41. The first kappa shape index (κ1) is 10.3. The highest BCUT2D eigenvalue weighted by molar-refractivity contribution is 5.51. The maximum Gasteiger partial charge on any atom is 0.123 e. The standard InChI is InChI=1S/C13H10F2N2/c14-9-3-11-1-8(7-16)2-12-4-10(15)6-13(5-9)17(11)12/h1-4,9,13H,5-6H2. The molecule has 0 aliphatic carbocycles. The van der Waals surface area contributed by atoms with Crippen LogP contribution in [0.4, 0.5) is 8.78 Å². The van der Waals surface area contributed by atoms with Crippen molar-refractivity contribution in [3.63, 3.8) is 0 Å². The van der Waals surface area contributed by atoms with Crippen LogP contribution in [0.15, 0.2) is 47.1 Å². The molecule has 0 fully saturated rings. The van der Waals surface area contributed by atoms with Gasteiger partial charge in [0, 0.05) is 30.3 Å². The normalized spacial score (nSPS) is 30.5. The van der Waals surface area contributed by atoms with Crippen molar-refractivity contribution in [3.05, 3.63) is 47.1 Å². The zero-order valence-electron chi connectivity index (χ0n) is 9.03. The van der Waals surface area contributed by atoms with Crippen molar-refractivity contribution in [2.24, 2.45) is 0 Å². The van der Waals surface area contributed by atoms with Crippen LogP contribution in [-0.2, 0) is 0 Å². The molecule has 2 atom stereocenters. The Labute approximate surface area is 97.8 Å². The molecular formula is C13H10F2N2. The van der Waals surface area contributed by atoms with E-state index in [1.165, 1.54) is 12.2 Å². The van der Waals surface area contributed by atoms with Crippen LogP contribution in [0.25, 0.3) is 0 Å². The number of hydrogen-bond acceptors (Lipinski definition) is 2. The second kappa shape index (κ2) is 3.56. The largest absolute Gasteiger partial charge is 0.338 e. The number of rotatable bonds is 0. The quantitative estimate of drug-likeness (QED) is 0.642. The van der Waals surface area contributed by atoms with Crippen molar-refractivity contribution in [1.29, 1.82) is 5.26 Å². The van der Waals surface area contributed by atoms with Gasteiger partial charge in [-0.25, -0.2) is 8.78 Å². The Morgan fingerprint density at radius 1 is 1.29 bits per heavy atom. The van der Waals surface area contributed by atoms with Gasteiger partial charge in [-0.05, 0) is 24.3 Å². The highest BCUT2D eigenvalue weighted by Crippen LogP contribution is 2.39. The van der Waals surface area contributed by atoms with Crippen molar-refractivity contribution < 1.29 is 8.78 Å². The molecule has 0 bridgehead atoms. The van der Waals surface area contributed by atoms with Crippen LogP contribution in [-0.4, -0.2) is 17.1 Å². The third-order valence-electron chi connectivity index (χ3n) is 3.24. The molecule has 2 unspecified atom stereocenters. The van der Waals surface area contributed by atoms with E-state index in [-0.39, 0.29) is 18.3 Å². The molecule has 0 aromatic carbocycles. The SMILES string of the molecule is N#CC1=CC2=CC(F)CC3CC(F)=CC(=C1)N23. The molecule has 3 aliphatic rings. The number of nitrogens with zero attached hydrogens (tertiary/aromatic N) is 2. The van der Waals surface area contributed by atoms with Gasteiger partial charge in [-0.15, -0.1) is 0 Å². The summed E-state index contributed by atoms with van der Waals surface area (Å²) in [4.78, 5) is 1.92. The fourth-order valence-electron chi connectivity index (χ4n) is 2.61. The maximum absolute atomic E-state index is 13.5. The summed E-state index contributed by atoms with van der Waals surface area (Å²) in [6, 6.07) is 1.84. The van der Waals surface area contributed by atoms with Crippen molar-refractivity contribution in [1.82, 2.24) is 4.90 Å². The topological polar surface area (TPSA) is 27.0 Å². The molecule has 4 heteroatoms. The third kappa shape index (κ3) is 1.59. The average molecular weight is 232 g/mol. The van der Waals surface area contributed by atoms with E-state index in [0.29, 0.717) is 23.4 Å². The van der Waals surface area contributed by atoms with Gasteiger partial charge >= 0.3 is 0 Å². The summed E-state index contributed by atoms with van der Waals surface area (Å²) in [7, 11) is 0. The Balaban J connectivity index is 2.14. The van der Waals surface area contributed by atoms with Crippen LogP contribution < -0.4 is 0 Å². The van der Waals surface area contributed by atoms with E-state index in [4.69, 9.17) is 5.26 Å². The van der Waals surface area contributed by atoms with Gasteiger partial charge in [0.2, 0.25) is 0 Å². The monoisotopic (exact) mass is 232 g/mol. The van der Waals surface area contributed by atoms with Gasteiger partial charge in [0.05, 0.1) is 11.6 Å². The van der Waals surface area contributed by atoms with E-state index in [2.05, 4.69) is 0 Å². The van der Waals surface area contributed by atoms with E-state index in [0.717, 1.165) is 0 Å². The van der Waals surface area contributed by atoms with Gasteiger partial charge in [-0.1, -0.05) is 0 Å². The number of halogens is 2. The average Bonchev–Trinajstić information content (AvgIpc) is 2.26. The summed E-state index contributed by atoms with van der Waals surface area (Å²) in [6.45, 7) is 0. The molecule has 0 saturated carbocycles. The molecule has 0 radical (unpaired) electrons. The predicted octanol–water partition coefficient (Wildman–Crippen LogP) is 2.89. The molecule has 0 spiro atoms. The Morgan fingerprint density at radius 3 is 2.88 bits per heavy atom. The fraction of sp³-hybridized carbons (Fsp3) is 0.308. The third-order valence-corrected chi connectivity index (χ3v) is 3.24. The number of alkyl halides is 1. The van der Waals surface area contributed by atoms with Gasteiger partial charge in [-0.2, -0.15) is 5.26 Å². The number of allylic oxidation sites excluding steroid dienone is 5. The van der Waals surface area contributed by atoms with E-state index in [9.17, 15) is 8.78 Å². The van der Waals surface area contributed by atoms with Crippen molar-refractivity contribution in [2.75, 3.05) is 0 Å². The van der Waals surface area contributed by atoms with E-state index < -0.39 is 6.17 Å². The minimum absolute atomic E-state index is 0.169. The Morgan fingerprint density at radius 2 is 2.12 bits per heavy atom. The molecule has 86 valence electrons. The fourth-order valence-corrected chi connectivity index (χ4v) is 2.61. The van der Waals surface area contributed by atoms with Crippen molar-refractivity contribution in [3.8, 4) is 6.07 Å². The first-order valence-electron chi connectivity index (χ1n) is 5.52. The molecule has 3 rings (SSSR count). The molecule has 3 aliphatic heterocycles. The smallest absolute Gasteiger partial charge is 0.123 e. The molecular weight excluding hydrogens is 222 g/mol. The van der Waals surface area contributed by atoms with Gasteiger partial charge in [0.15, 0.2) is 0 Å². The molecule has 2 nitrogen and oxygen atoms in total. The molecule has 0 aromatic rings. The second-order valence-electron chi connectivity index (χ2n) is 4.44. The van der Waals surface area contributed by atoms with E-state index in [1.54, 1.807) is 12.2 Å². The summed E-state index contributed by atoms with van der Waals surface area (Å²) in [5.74, 6) is -0.245. The summed E-state index contributed by atoms with van der Waals surface area (Å²) >= 11 is 0. The number of hydrogen-bond donors (Lipinski definition) is 0.